The summed E-state index contributed by atoms with van der Waals surface area (Å²) in [6, 6.07) is -0.649. The first-order valence-electron chi connectivity index (χ1n) is 4.44. The molecule has 6 nitrogen and oxygen atoms in total. The van der Waals surface area contributed by atoms with Crippen LogP contribution in [0.1, 0.15) is 18.4 Å². The summed E-state index contributed by atoms with van der Waals surface area (Å²) in [5, 5.41) is 8.75. The van der Waals surface area contributed by atoms with Gasteiger partial charge in [-0.1, -0.05) is 0 Å². The van der Waals surface area contributed by atoms with E-state index in [0.29, 0.717) is 11.5 Å². The molecule has 0 unspecified atom stereocenters. The minimum absolute atomic E-state index is 0. The summed E-state index contributed by atoms with van der Waals surface area (Å²) in [5.74, 6) is -0.958. The van der Waals surface area contributed by atoms with Gasteiger partial charge in [-0.25, -0.2) is 4.79 Å². The van der Waals surface area contributed by atoms with Gasteiger partial charge < -0.3 is 13.9 Å². The lowest BCUT2D eigenvalue weighted by Gasteiger charge is -2.19. The predicted octanol–water partition coefficient (Wildman–Crippen LogP) is 0.868. The van der Waals surface area contributed by atoms with Crippen molar-refractivity contribution in [3.63, 3.8) is 0 Å². The highest BCUT2D eigenvalue weighted by atomic mass is 35.5. The van der Waals surface area contributed by atoms with Crippen LogP contribution in [-0.4, -0.2) is 29.1 Å². The lowest BCUT2D eigenvalue weighted by Crippen LogP contribution is -2.35. The van der Waals surface area contributed by atoms with Crippen LogP contribution in [0.4, 0.5) is 0 Å². The molecule has 0 saturated heterocycles. The summed E-state index contributed by atoms with van der Waals surface area (Å²) in [6.07, 6.45) is 0. The van der Waals surface area contributed by atoms with E-state index >= 15 is 0 Å². The number of carbonyl (C=O) groups is 1. The molecular formula is C9H14ClNO5. The van der Waals surface area contributed by atoms with Crippen molar-refractivity contribution in [2.45, 2.75) is 26.4 Å². The minimum Gasteiger partial charge on any atom is -0.480 e. The summed E-state index contributed by atoms with van der Waals surface area (Å²) in [6.45, 7) is 3.38. The van der Waals surface area contributed by atoms with Crippen LogP contribution in [0.25, 0.3) is 0 Å². The van der Waals surface area contributed by atoms with Crippen LogP contribution < -0.4 is 5.82 Å². The molecule has 0 radical (unpaired) electrons. The molecule has 0 aliphatic carbocycles. The van der Waals surface area contributed by atoms with Crippen LogP contribution in [0.2, 0.25) is 0 Å². The van der Waals surface area contributed by atoms with Gasteiger partial charge in [0, 0.05) is 0 Å². The van der Waals surface area contributed by atoms with E-state index in [0.717, 1.165) is 0 Å². The van der Waals surface area contributed by atoms with E-state index in [4.69, 9.17) is 9.52 Å². The van der Waals surface area contributed by atoms with Gasteiger partial charge in [-0.05, 0) is 20.9 Å². The van der Waals surface area contributed by atoms with E-state index < -0.39 is 17.8 Å². The highest BCUT2D eigenvalue weighted by molar-refractivity contribution is 5.85. The Bertz CT molecular complexity index is 410. The number of rotatable bonds is 4. The molecule has 0 aliphatic rings. The van der Waals surface area contributed by atoms with E-state index in [1.165, 1.54) is 0 Å². The second-order valence-corrected chi connectivity index (χ2v) is 3.36. The topological polar surface area (TPSA) is 83.9 Å². The maximum atomic E-state index is 10.7. The summed E-state index contributed by atoms with van der Waals surface area (Å²) >= 11 is 0. The summed E-state index contributed by atoms with van der Waals surface area (Å²) in [4.78, 5) is 22.9. The second kappa shape index (κ2) is 5.72. The monoisotopic (exact) mass is 251 g/mol. The van der Waals surface area contributed by atoms with Crippen molar-refractivity contribution >= 4 is 18.4 Å². The zero-order chi connectivity index (χ0) is 11.6. The highest BCUT2D eigenvalue weighted by Gasteiger charge is 2.19. The number of nitrogens with zero attached hydrogens (tertiary/aromatic N) is 1. The van der Waals surface area contributed by atoms with E-state index in [1.807, 2.05) is 0 Å². The Morgan fingerprint density at radius 2 is 2.06 bits per heavy atom. The molecule has 16 heavy (non-hydrogen) atoms. The average Bonchev–Trinajstić information content (AvgIpc) is 2.43. The Labute approximate surface area is 98.3 Å². The second-order valence-electron chi connectivity index (χ2n) is 3.36. The van der Waals surface area contributed by atoms with Gasteiger partial charge in [0.15, 0.2) is 5.76 Å². The maximum absolute atomic E-state index is 10.7. The molecule has 0 fully saturated rings. The molecule has 1 atom stereocenters. The van der Waals surface area contributed by atoms with Gasteiger partial charge in [0.2, 0.25) is 0 Å². The molecule has 0 spiro atoms. The van der Waals surface area contributed by atoms with Gasteiger partial charge in [-0.3, -0.25) is 9.69 Å². The predicted molar refractivity (Wildman–Crippen MR) is 57.8 cm³/mol. The fourth-order valence-electron chi connectivity index (χ4n) is 1.07. The fourth-order valence-corrected chi connectivity index (χ4v) is 1.07. The molecule has 0 amide bonds. The molecule has 7 heteroatoms. The third-order valence-corrected chi connectivity index (χ3v) is 2.25. The molecule has 0 saturated carbocycles. The normalized spacial score (nSPS) is 12.2. The van der Waals surface area contributed by atoms with Gasteiger partial charge in [-0.2, -0.15) is 0 Å². The number of aryl methyl sites for hydroxylation is 1. The number of carboxylic acid groups (broad SMARTS) is 1. The smallest absolute Gasteiger partial charge is 0.480 e. The zero-order valence-corrected chi connectivity index (χ0v) is 10.0. The molecule has 0 bridgehead atoms. The minimum atomic E-state index is -0.930. The molecule has 1 N–H and O–H groups in total. The van der Waals surface area contributed by atoms with E-state index in [1.54, 1.807) is 25.8 Å². The Balaban J connectivity index is 0.00000225. The third-order valence-electron chi connectivity index (χ3n) is 2.25. The zero-order valence-electron chi connectivity index (χ0n) is 9.22. The average molecular weight is 252 g/mol. The number of carboxylic acids is 1. The van der Waals surface area contributed by atoms with Crippen molar-refractivity contribution in [1.82, 2.24) is 4.90 Å². The Hall–Kier alpha value is -1.27. The molecule has 0 aliphatic heterocycles. The lowest BCUT2D eigenvalue weighted by molar-refractivity contribution is -0.142. The maximum Gasteiger partial charge on any atom is 0.519 e. The number of hydrogen-bond donors (Lipinski definition) is 1. The number of aliphatic carboxylic acids is 1. The van der Waals surface area contributed by atoms with Crippen LogP contribution >= 0.6 is 12.4 Å². The van der Waals surface area contributed by atoms with E-state index in [2.05, 4.69) is 4.42 Å². The number of hydrogen-bond acceptors (Lipinski definition) is 5. The number of halogens is 1. The summed E-state index contributed by atoms with van der Waals surface area (Å²) < 4.78 is 9.42. The first-order chi connectivity index (χ1) is 6.91. The largest absolute Gasteiger partial charge is 0.519 e. The molecule has 92 valence electrons. The van der Waals surface area contributed by atoms with Crippen molar-refractivity contribution in [2.75, 3.05) is 7.05 Å². The Kier molecular flexibility index (Phi) is 5.26. The Morgan fingerprint density at radius 1 is 1.50 bits per heavy atom. The van der Waals surface area contributed by atoms with Crippen LogP contribution in [0.3, 0.4) is 0 Å². The highest BCUT2D eigenvalue weighted by Crippen LogP contribution is 2.09. The molecule has 1 rings (SSSR count). The fraction of sp³-hybridized carbons (Fsp3) is 0.556. The summed E-state index contributed by atoms with van der Waals surface area (Å²) in [7, 11) is 1.63. The van der Waals surface area contributed by atoms with Gasteiger partial charge in [0.25, 0.3) is 0 Å². The van der Waals surface area contributed by atoms with Gasteiger partial charge >= 0.3 is 11.8 Å². The first-order valence-corrected chi connectivity index (χ1v) is 4.44. The molecule has 0 aromatic carbocycles. The van der Waals surface area contributed by atoms with Crippen LogP contribution in [0.15, 0.2) is 13.6 Å². The van der Waals surface area contributed by atoms with Gasteiger partial charge in [-0.15, -0.1) is 12.4 Å². The molecular weight excluding hydrogens is 238 g/mol. The van der Waals surface area contributed by atoms with E-state index in [9.17, 15) is 9.59 Å². The van der Waals surface area contributed by atoms with Crippen molar-refractivity contribution in [3.05, 3.63) is 22.1 Å². The van der Waals surface area contributed by atoms with Gasteiger partial charge in [0.1, 0.15) is 11.8 Å². The SMILES string of the molecule is Cc1oc(=O)oc1CN(C)[C@@H](C)C(=O)O.Cl. The molecule has 1 aromatic rings. The van der Waals surface area contributed by atoms with Crippen LogP contribution in [0, 0.1) is 6.92 Å². The lowest BCUT2D eigenvalue weighted by atomic mass is 10.3. The third kappa shape index (κ3) is 3.39. The van der Waals surface area contributed by atoms with Crippen LogP contribution in [0.5, 0.6) is 0 Å². The van der Waals surface area contributed by atoms with E-state index in [-0.39, 0.29) is 19.0 Å². The van der Waals surface area contributed by atoms with Crippen molar-refractivity contribution in [2.24, 2.45) is 0 Å². The Morgan fingerprint density at radius 3 is 2.44 bits per heavy atom. The standard InChI is InChI=1S/C9H13NO5.ClH/c1-5(8(11)12)10(3)4-7-6(2)14-9(13)15-7;/h5H,4H2,1-3H3,(H,11,12);1H/t5-;/m0./s1. The van der Waals surface area contributed by atoms with Crippen molar-refractivity contribution < 1.29 is 18.7 Å². The van der Waals surface area contributed by atoms with Crippen molar-refractivity contribution in [3.8, 4) is 0 Å². The van der Waals surface area contributed by atoms with Crippen LogP contribution in [-0.2, 0) is 11.3 Å². The number of likely N-dealkylation sites (N-methyl/N-ethyl adjacent to an activating group) is 1. The first kappa shape index (κ1) is 14.7. The molecule has 1 aromatic heterocycles. The molecule has 1 heterocycles. The quantitative estimate of drug-likeness (QED) is 0.855. The summed E-state index contributed by atoms with van der Waals surface area (Å²) in [5.41, 5.74) is 0. The van der Waals surface area contributed by atoms with Gasteiger partial charge in [0.05, 0.1) is 6.54 Å². The van der Waals surface area contributed by atoms with Crippen molar-refractivity contribution in [1.29, 1.82) is 0 Å².